The highest BCUT2D eigenvalue weighted by atomic mass is 31.2. The van der Waals surface area contributed by atoms with Crippen LogP contribution in [-0.4, -0.2) is 73.4 Å². The number of likely N-dealkylation sites (N-methyl/N-ethyl adjacent to an activating group) is 1. The average Bonchev–Trinajstić information content (AvgIpc) is 3.23. The van der Waals surface area contributed by atoms with Crippen molar-refractivity contribution in [3.8, 4) is 0 Å². The Morgan fingerprint density at radius 1 is 0.565 bits per heavy atom. The largest absolute Gasteiger partial charge is 0.472 e. The number of hydrogen-bond donors (Lipinski definition) is 3. The summed E-state index contributed by atoms with van der Waals surface area (Å²) in [5, 5.41) is 13.7. The molecule has 3 unspecified atom stereocenters. The minimum atomic E-state index is -4.34. The molecule has 0 saturated carbocycles. The second-order valence-corrected chi connectivity index (χ2v) is 20.3. The molecule has 0 rings (SSSR count). The number of amides is 1. The van der Waals surface area contributed by atoms with Gasteiger partial charge in [0.05, 0.1) is 39.9 Å². The summed E-state index contributed by atoms with van der Waals surface area (Å²) in [6.45, 7) is 4.56. The van der Waals surface area contributed by atoms with Crippen LogP contribution in [0.25, 0.3) is 0 Å². The van der Waals surface area contributed by atoms with E-state index >= 15 is 0 Å². The molecular formula is C53H102N2O6P+. The zero-order chi connectivity index (χ0) is 45.7. The summed E-state index contributed by atoms with van der Waals surface area (Å²) in [7, 11) is 1.54. The van der Waals surface area contributed by atoms with E-state index in [1.54, 1.807) is 6.08 Å². The Kier molecular flexibility index (Phi) is 43.5. The summed E-state index contributed by atoms with van der Waals surface area (Å²) in [5.74, 6) is -0.192. The Hall–Kier alpha value is -1.54. The number of phosphoric acid groups is 1. The van der Waals surface area contributed by atoms with E-state index in [0.717, 1.165) is 44.9 Å². The van der Waals surface area contributed by atoms with Crippen LogP contribution in [0, 0.1) is 0 Å². The minimum Gasteiger partial charge on any atom is -0.387 e. The van der Waals surface area contributed by atoms with Crippen molar-refractivity contribution in [2.75, 3.05) is 40.9 Å². The highest BCUT2D eigenvalue weighted by Crippen LogP contribution is 2.43. The predicted molar refractivity (Wildman–Crippen MR) is 267 cm³/mol. The van der Waals surface area contributed by atoms with E-state index in [-0.39, 0.29) is 19.1 Å². The van der Waals surface area contributed by atoms with Crippen molar-refractivity contribution in [2.45, 2.75) is 244 Å². The number of hydrogen-bond acceptors (Lipinski definition) is 5. The molecule has 0 bridgehead atoms. The van der Waals surface area contributed by atoms with Crippen molar-refractivity contribution >= 4 is 13.7 Å². The fourth-order valence-corrected chi connectivity index (χ4v) is 8.22. The Balaban J connectivity index is 3.96. The molecule has 0 fully saturated rings. The van der Waals surface area contributed by atoms with Crippen LogP contribution in [-0.2, 0) is 18.4 Å². The van der Waals surface area contributed by atoms with Crippen LogP contribution < -0.4 is 5.32 Å². The number of carbonyl (C=O) groups excluding carboxylic acids is 1. The molecule has 1 amide bonds. The van der Waals surface area contributed by atoms with Gasteiger partial charge in [-0.05, 0) is 64.7 Å². The third-order valence-corrected chi connectivity index (χ3v) is 12.6. The highest BCUT2D eigenvalue weighted by molar-refractivity contribution is 7.47. The first-order chi connectivity index (χ1) is 30.0. The summed E-state index contributed by atoms with van der Waals surface area (Å²) in [5.41, 5.74) is 0. The van der Waals surface area contributed by atoms with E-state index < -0.39 is 20.0 Å². The number of quaternary nitrogens is 1. The van der Waals surface area contributed by atoms with Gasteiger partial charge in [0.15, 0.2) is 0 Å². The molecule has 0 aromatic rings. The van der Waals surface area contributed by atoms with E-state index in [1.165, 1.54) is 167 Å². The van der Waals surface area contributed by atoms with Crippen LogP contribution in [0.15, 0.2) is 48.6 Å². The lowest BCUT2D eigenvalue weighted by atomic mass is 10.0. The van der Waals surface area contributed by atoms with E-state index in [9.17, 15) is 19.4 Å². The maximum atomic E-state index is 12.9. The van der Waals surface area contributed by atoms with Crippen molar-refractivity contribution in [1.29, 1.82) is 0 Å². The molecular weight excluding hydrogens is 792 g/mol. The summed E-state index contributed by atoms with van der Waals surface area (Å²) in [4.78, 5) is 23.1. The zero-order valence-electron chi connectivity index (χ0n) is 41.4. The number of aliphatic hydroxyl groups is 1. The number of unbranched alkanes of at least 4 members (excludes halogenated alkanes) is 29. The molecule has 0 aromatic heterocycles. The molecule has 0 heterocycles. The molecule has 0 aromatic carbocycles. The lowest BCUT2D eigenvalue weighted by molar-refractivity contribution is -0.870. The van der Waals surface area contributed by atoms with Gasteiger partial charge < -0.3 is 19.8 Å². The van der Waals surface area contributed by atoms with Crippen molar-refractivity contribution < 1.29 is 32.9 Å². The van der Waals surface area contributed by atoms with Crippen molar-refractivity contribution in [2.24, 2.45) is 0 Å². The molecule has 0 aliphatic rings. The zero-order valence-corrected chi connectivity index (χ0v) is 42.3. The lowest BCUT2D eigenvalue weighted by Crippen LogP contribution is -2.45. The van der Waals surface area contributed by atoms with Gasteiger partial charge >= 0.3 is 7.82 Å². The molecule has 0 aliphatic heterocycles. The molecule has 0 radical (unpaired) electrons. The first-order valence-electron chi connectivity index (χ1n) is 26.0. The smallest absolute Gasteiger partial charge is 0.387 e. The monoisotopic (exact) mass is 894 g/mol. The van der Waals surface area contributed by atoms with E-state index in [4.69, 9.17) is 9.05 Å². The maximum absolute atomic E-state index is 12.9. The fourth-order valence-electron chi connectivity index (χ4n) is 7.49. The number of rotatable bonds is 47. The van der Waals surface area contributed by atoms with Crippen LogP contribution in [0.5, 0.6) is 0 Å². The van der Waals surface area contributed by atoms with Gasteiger partial charge in [-0.2, -0.15) is 0 Å². The number of carbonyl (C=O) groups is 1. The molecule has 9 heteroatoms. The minimum absolute atomic E-state index is 0.0532. The number of nitrogens with zero attached hydrogens (tertiary/aromatic N) is 1. The third kappa shape index (κ3) is 46.5. The lowest BCUT2D eigenvalue weighted by Gasteiger charge is -2.25. The van der Waals surface area contributed by atoms with Gasteiger partial charge in [-0.1, -0.05) is 210 Å². The summed E-state index contributed by atoms with van der Waals surface area (Å²) in [6, 6.07) is -0.866. The van der Waals surface area contributed by atoms with E-state index in [0.29, 0.717) is 17.4 Å². The Bertz CT molecular complexity index is 1150. The van der Waals surface area contributed by atoms with Crippen molar-refractivity contribution in [3.63, 3.8) is 0 Å². The molecule has 0 saturated heterocycles. The standard InChI is InChI=1S/C53H101N2O6P/c1-6-8-10-12-14-16-17-18-19-20-21-22-23-24-25-26-27-28-29-30-31-32-33-34-35-36-37-39-41-43-45-47-53(57)54-51(50-61-62(58,59)60-49-48-55(3,4)5)52(56)46-44-42-40-38-15-13-11-9-7-2/h7,9,15,20-21,38,44,46,51-52,56H,6,8,10-14,16-19,22-37,39-43,45,47-50H2,1-5H3,(H-,54,57,58,59)/p+1/b9-7+,21-20-,38-15+,46-44+. The fraction of sp³-hybridized carbons (Fsp3) is 0.830. The van der Waals surface area contributed by atoms with Crippen molar-refractivity contribution in [1.82, 2.24) is 5.32 Å². The summed E-state index contributed by atoms with van der Waals surface area (Å²) < 4.78 is 23.5. The number of allylic oxidation sites excluding steroid dienone is 7. The van der Waals surface area contributed by atoms with Crippen LogP contribution >= 0.6 is 7.82 Å². The second kappa shape index (κ2) is 44.7. The molecule has 3 atom stereocenters. The molecule has 3 N–H and O–H groups in total. The maximum Gasteiger partial charge on any atom is 0.472 e. The molecule has 364 valence electrons. The summed E-state index contributed by atoms with van der Waals surface area (Å²) >= 11 is 0. The summed E-state index contributed by atoms with van der Waals surface area (Å²) in [6.07, 6.45) is 58.3. The van der Waals surface area contributed by atoms with Gasteiger partial charge in [-0.15, -0.1) is 0 Å². The van der Waals surface area contributed by atoms with Crippen LogP contribution in [0.4, 0.5) is 0 Å². The van der Waals surface area contributed by atoms with Crippen LogP contribution in [0.2, 0.25) is 0 Å². The first kappa shape index (κ1) is 60.5. The topological polar surface area (TPSA) is 105 Å². The van der Waals surface area contributed by atoms with E-state index in [1.807, 2.05) is 34.1 Å². The van der Waals surface area contributed by atoms with Crippen LogP contribution in [0.3, 0.4) is 0 Å². The Morgan fingerprint density at radius 3 is 1.39 bits per heavy atom. The molecule has 62 heavy (non-hydrogen) atoms. The molecule has 0 aliphatic carbocycles. The SMILES string of the molecule is C/C=C/CC/C=C/CC/C=C/C(O)C(COP(=O)(O)OCC[N+](C)(C)C)NC(=O)CCCCCCCCCCCCCCCCCCCCC/C=C\CCCCCCCCCC. The number of nitrogens with one attached hydrogen (secondary N) is 1. The quantitative estimate of drug-likeness (QED) is 0.0243. The van der Waals surface area contributed by atoms with Gasteiger partial charge in [0, 0.05) is 6.42 Å². The normalized spacial score (nSPS) is 14.5. The van der Waals surface area contributed by atoms with Crippen molar-refractivity contribution in [3.05, 3.63) is 48.6 Å². The Morgan fingerprint density at radius 2 is 0.952 bits per heavy atom. The highest BCUT2D eigenvalue weighted by Gasteiger charge is 2.27. The third-order valence-electron chi connectivity index (χ3n) is 11.6. The number of aliphatic hydroxyl groups excluding tert-OH is 1. The second-order valence-electron chi connectivity index (χ2n) is 18.9. The van der Waals surface area contributed by atoms with Gasteiger partial charge in [-0.25, -0.2) is 4.57 Å². The van der Waals surface area contributed by atoms with Crippen LogP contribution in [0.1, 0.15) is 232 Å². The van der Waals surface area contributed by atoms with Gasteiger partial charge in [0.25, 0.3) is 0 Å². The Labute approximate surface area is 384 Å². The van der Waals surface area contributed by atoms with Gasteiger partial charge in [0.2, 0.25) is 5.91 Å². The van der Waals surface area contributed by atoms with Gasteiger partial charge in [-0.3, -0.25) is 13.8 Å². The first-order valence-corrected chi connectivity index (χ1v) is 27.5. The molecule has 0 spiro atoms. The number of phosphoric ester groups is 1. The predicted octanol–water partition coefficient (Wildman–Crippen LogP) is 15.2. The molecule has 8 nitrogen and oxygen atoms in total. The van der Waals surface area contributed by atoms with Gasteiger partial charge in [0.1, 0.15) is 13.2 Å². The van der Waals surface area contributed by atoms with E-state index in [2.05, 4.69) is 48.7 Å². The average molecular weight is 894 g/mol.